The highest BCUT2D eigenvalue weighted by molar-refractivity contribution is 5.78. The number of benzene rings is 2. The van der Waals surface area contributed by atoms with Crippen molar-refractivity contribution in [1.82, 2.24) is 9.80 Å². The van der Waals surface area contributed by atoms with E-state index in [0.29, 0.717) is 12.3 Å². The van der Waals surface area contributed by atoms with Gasteiger partial charge in [-0.15, -0.1) is 0 Å². The average molecular weight is 407 g/mol. The standard InChI is InChI=1S/C26H34N2O2/c1-21-7-5-6-10-24(21)25(23-8-3-2-4-9-23)19-26(29)28-13-11-22(12-14-28)20-27-15-17-30-18-16-27/h2-10,22,25H,11-20H2,1H3. The van der Waals surface area contributed by atoms with Crippen LogP contribution in [0.5, 0.6) is 0 Å². The largest absolute Gasteiger partial charge is 0.379 e. The van der Waals surface area contributed by atoms with Gasteiger partial charge in [-0.1, -0.05) is 54.6 Å². The molecule has 1 unspecified atom stereocenters. The third-order valence-electron chi connectivity index (χ3n) is 6.73. The van der Waals surface area contributed by atoms with E-state index in [1.807, 2.05) is 6.07 Å². The molecule has 2 aliphatic rings. The van der Waals surface area contributed by atoms with Crippen LogP contribution in [0, 0.1) is 12.8 Å². The number of hydrogen-bond acceptors (Lipinski definition) is 3. The second-order valence-corrected chi connectivity index (χ2v) is 8.76. The summed E-state index contributed by atoms with van der Waals surface area (Å²) in [5.41, 5.74) is 3.74. The first-order valence-electron chi connectivity index (χ1n) is 11.4. The molecule has 4 rings (SSSR count). The van der Waals surface area contributed by atoms with E-state index in [9.17, 15) is 4.79 Å². The molecule has 4 heteroatoms. The van der Waals surface area contributed by atoms with Gasteiger partial charge in [0.15, 0.2) is 0 Å². The Morgan fingerprint density at radius 2 is 1.63 bits per heavy atom. The minimum Gasteiger partial charge on any atom is -0.379 e. The van der Waals surface area contributed by atoms with Crippen molar-refractivity contribution >= 4 is 5.91 Å². The van der Waals surface area contributed by atoms with Crippen molar-refractivity contribution in [3.8, 4) is 0 Å². The number of hydrogen-bond donors (Lipinski definition) is 0. The van der Waals surface area contributed by atoms with E-state index in [2.05, 4.69) is 65.3 Å². The normalized spacial score (nSPS) is 19.6. The van der Waals surface area contributed by atoms with Gasteiger partial charge in [0.2, 0.25) is 5.91 Å². The van der Waals surface area contributed by atoms with Gasteiger partial charge in [-0.2, -0.15) is 0 Å². The Morgan fingerprint density at radius 3 is 2.33 bits per heavy atom. The Labute approximate surface area is 180 Å². The number of morpholine rings is 1. The molecule has 2 fully saturated rings. The molecule has 2 aromatic carbocycles. The topological polar surface area (TPSA) is 32.8 Å². The SMILES string of the molecule is Cc1ccccc1C(CC(=O)N1CCC(CN2CCOCC2)CC1)c1ccccc1. The molecule has 2 saturated heterocycles. The molecule has 0 aromatic heterocycles. The van der Waals surface area contributed by atoms with Gasteiger partial charge in [-0.05, 0) is 42.4 Å². The van der Waals surface area contributed by atoms with Gasteiger partial charge in [-0.25, -0.2) is 0 Å². The van der Waals surface area contributed by atoms with Crippen LogP contribution in [0.4, 0.5) is 0 Å². The minimum atomic E-state index is 0.117. The molecular formula is C26H34N2O2. The van der Waals surface area contributed by atoms with E-state index < -0.39 is 0 Å². The number of carbonyl (C=O) groups is 1. The summed E-state index contributed by atoms with van der Waals surface area (Å²) in [5.74, 6) is 1.11. The Morgan fingerprint density at radius 1 is 0.967 bits per heavy atom. The fourth-order valence-electron chi connectivity index (χ4n) is 4.89. The monoisotopic (exact) mass is 406 g/mol. The highest BCUT2D eigenvalue weighted by atomic mass is 16.5. The highest BCUT2D eigenvalue weighted by Crippen LogP contribution is 2.31. The average Bonchev–Trinajstić information content (AvgIpc) is 2.80. The van der Waals surface area contributed by atoms with Gasteiger partial charge in [0.25, 0.3) is 0 Å². The number of aryl methyl sites for hydroxylation is 1. The third kappa shape index (κ3) is 5.30. The highest BCUT2D eigenvalue weighted by Gasteiger charge is 2.27. The molecule has 0 spiro atoms. The molecule has 2 aromatic rings. The first-order valence-corrected chi connectivity index (χ1v) is 11.4. The lowest BCUT2D eigenvalue weighted by atomic mass is 9.85. The summed E-state index contributed by atoms with van der Waals surface area (Å²) in [7, 11) is 0. The van der Waals surface area contributed by atoms with Gasteiger partial charge in [0.05, 0.1) is 13.2 Å². The second-order valence-electron chi connectivity index (χ2n) is 8.76. The van der Waals surface area contributed by atoms with Crippen molar-refractivity contribution < 1.29 is 9.53 Å². The van der Waals surface area contributed by atoms with Gasteiger partial charge < -0.3 is 9.64 Å². The fraction of sp³-hybridized carbons (Fsp3) is 0.500. The summed E-state index contributed by atoms with van der Waals surface area (Å²) in [6, 6.07) is 19.0. The first-order chi connectivity index (χ1) is 14.7. The number of piperidine rings is 1. The Balaban J connectivity index is 1.38. The van der Waals surface area contributed by atoms with E-state index >= 15 is 0 Å². The van der Waals surface area contributed by atoms with Gasteiger partial charge >= 0.3 is 0 Å². The molecule has 2 heterocycles. The number of amides is 1. The van der Waals surface area contributed by atoms with E-state index in [1.54, 1.807) is 0 Å². The van der Waals surface area contributed by atoms with Crippen LogP contribution in [0.2, 0.25) is 0 Å². The van der Waals surface area contributed by atoms with Crippen molar-refractivity contribution in [2.75, 3.05) is 45.9 Å². The molecule has 2 aliphatic heterocycles. The molecule has 4 nitrogen and oxygen atoms in total. The Hall–Kier alpha value is -2.17. The zero-order valence-corrected chi connectivity index (χ0v) is 18.1. The van der Waals surface area contributed by atoms with Crippen LogP contribution in [-0.4, -0.2) is 61.6 Å². The molecular weight excluding hydrogens is 372 g/mol. The molecule has 1 amide bonds. The predicted molar refractivity (Wildman–Crippen MR) is 121 cm³/mol. The lowest BCUT2D eigenvalue weighted by Crippen LogP contribution is -2.44. The molecule has 30 heavy (non-hydrogen) atoms. The lowest BCUT2D eigenvalue weighted by molar-refractivity contribution is -0.133. The second kappa shape index (κ2) is 10.2. The lowest BCUT2D eigenvalue weighted by Gasteiger charge is -2.36. The van der Waals surface area contributed by atoms with Gasteiger partial charge in [0, 0.05) is 45.1 Å². The maximum atomic E-state index is 13.3. The Kier molecular flexibility index (Phi) is 7.19. The van der Waals surface area contributed by atoms with E-state index in [-0.39, 0.29) is 11.8 Å². The number of rotatable bonds is 6. The molecule has 160 valence electrons. The summed E-state index contributed by atoms with van der Waals surface area (Å²) in [5, 5.41) is 0. The molecule has 0 aliphatic carbocycles. The van der Waals surface area contributed by atoms with Crippen molar-refractivity contribution in [2.45, 2.75) is 32.1 Å². The van der Waals surface area contributed by atoms with Crippen LogP contribution < -0.4 is 0 Å². The molecule has 0 saturated carbocycles. The van der Waals surface area contributed by atoms with Crippen LogP contribution in [0.25, 0.3) is 0 Å². The minimum absolute atomic E-state index is 0.117. The third-order valence-corrected chi connectivity index (χ3v) is 6.73. The van der Waals surface area contributed by atoms with Gasteiger partial charge in [-0.3, -0.25) is 9.69 Å². The Bertz CT molecular complexity index is 809. The van der Waals surface area contributed by atoms with Gasteiger partial charge in [0.1, 0.15) is 0 Å². The summed E-state index contributed by atoms with van der Waals surface area (Å²) in [6.45, 7) is 8.90. The van der Waals surface area contributed by atoms with Crippen LogP contribution in [-0.2, 0) is 9.53 Å². The quantitative estimate of drug-likeness (QED) is 0.724. The fourth-order valence-corrected chi connectivity index (χ4v) is 4.89. The van der Waals surface area contributed by atoms with Crippen LogP contribution in [0.1, 0.15) is 41.9 Å². The molecule has 0 bridgehead atoms. The molecule has 1 atom stereocenters. The first kappa shape index (κ1) is 21.1. The zero-order valence-electron chi connectivity index (χ0n) is 18.1. The van der Waals surface area contributed by atoms with E-state index in [0.717, 1.165) is 58.8 Å². The smallest absolute Gasteiger partial charge is 0.223 e. The summed E-state index contributed by atoms with van der Waals surface area (Å²) in [6.07, 6.45) is 2.77. The summed E-state index contributed by atoms with van der Waals surface area (Å²) >= 11 is 0. The number of carbonyl (C=O) groups excluding carboxylic acids is 1. The number of likely N-dealkylation sites (tertiary alicyclic amines) is 1. The van der Waals surface area contributed by atoms with E-state index in [1.165, 1.54) is 16.7 Å². The molecule has 0 radical (unpaired) electrons. The van der Waals surface area contributed by atoms with E-state index in [4.69, 9.17) is 4.74 Å². The predicted octanol–water partition coefficient (Wildman–Crippen LogP) is 4.09. The summed E-state index contributed by atoms with van der Waals surface area (Å²) < 4.78 is 5.46. The van der Waals surface area contributed by atoms with Crippen molar-refractivity contribution in [3.05, 3.63) is 71.3 Å². The molecule has 0 N–H and O–H groups in total. The van der Waals surface area contributed by atoms with Crippen molar-refractivity contribution in [1.29, 1.82) is 0 Å². The number of nitrogens with zero attached hydrogens (tertiary/aromatic N) is 2. The van der Waals surface area contributed by atoms with Crippen molar-refractivity contribution in [2.24, 2.45) is 5.92 Å². The summed E-state index contributed by atoms with van der Waals surface area (Å²) in [4.78, 5) is 17.9. The number of ether oxygens (including phenoxy) is 1. The van der Waals surface area contributed by atoms with Crippen LogP contribution in [0.3, 0.4) is 0 Å². The van der Waals surface area contributed by atoms with Crippen molar-refractivity contribution in [3.63, 3.8) is 0 Å². The van der Waals surface area contributed by atoms with Crippen LogP contribution in [0.15, 0.2) is 54.6 Å². The maximum Gasteiger partial charge on any atom is 0.223 e. The zero-order chi connectivity index (χ0) is 20.8. The maximum absolute atomic E-state index is 13.3. The van der Waals surface area contributed by atoms with Crippen LogP contribution >= 0.6 is 0 Å².